The maximum Gasteiger partial charge on any atom is 0.304 e. The predicted molar refractivity (Wildman–Crippen MR) is 77.1 cm³/mol. The Labute approximate surface area is 124 Å². The number of phenolic OH excluding ortho intramolecular Hbond substituents is 1. The molecule has 0 aliphatic rings. The molecule has 6 heteroatoms. The number of carboxylic acids is 1. The second-order valence-electron chi connectivity index (χ2n) is 4.64. The molecule has 0 bridgehead atoms. The van der Waals surface area contributed by atoms with Crippen LogP contribution in [0, 0.1) is 11.3 Å². The third-order valence-electron chi connectivity index (χ3n) is 3.13. The van der Waals surface area contributed by atoms with Gasteiger partial charge in [-0.3, -0.25) is 9.69 Å². The van der Waals surface area contributed by atoms with Crippen LogP contribution in [0.5, 0.6) is 11.5 Å². The molecule has 114 valence electrons. The van der Waals surface area contributed by atoms with Gasteiger partial charge in [0.15, 0.2) is 11.5 Å². The topological polar surface area (TPSA) is 93.8 Å². The number of nitriles is 1. The van der Waals surface area contributed by atoms with Crippen LogP contribution in [-0.4, -0.2) is 41.3 Å². The Morgan fingerprint density at radius 2 is 2.19 bits per heavy atom. The Bertz CT molecular complexity index is 525. The fraction of sp³-hybridized carbons (Fsp3) is 0.467. The minimum Gasteiger partial charge on any atom is -0.504 e. The highest BCUT2D eigenvalue weighted by atomic mass is 16.5. The number of carboxylic acid groups (broad SMARTS) is 1. The van der Waals surface area contributed by atoms with Crippen LogP contribution >= 0.6 is 0 Å². The number of benzene rings is 1. The van der Waals surface area contributed by atoms with Gasteiger partial charge in [-0.05, 0) is 30.7 Å². The van der Waals surface area contributed by atoms with E-state index in [1.165, 1.54) is 13.2 Å². The summed E-state index contributed by atoms with van der Waals surface area (Å²) in [7, 11) is 1.44. The summed E-state index contributed by atoms with van der Waals surface area (Å²) in [5.74, 6) is -0.593. The van der Waals surface area contributed by atoms with Gasteiger partial charge in [0, 0.05) is 6.54 Å². The van der Waals surface area contributed by atoms with Crippen molar-refractivity contribution in [1.82, 2.24) is 4.90 Å². The molecule has 0 heterocycles. The smallest absolute Gasteiger partial charge is 0.304 e. The van der Waals surface area contributed by atoms with E-state index in [2.05, 4.69) is 6.07 Å². The van der Waals surface area contributed by atoms with Crippen molar-refractivity contribution in [2.75, 3.05) is 20.2 Å². The maximum atomic E-state index is 10.7. The number of hydrogen-bond acceptors (Lipinski definition) is 5. The summed E-state index contributed by atoms with van der Waals surface area (Å²) < 4.78 is 5.05. The highest BCUT2D eigenvalue weighted by Gasteiger charge is 2.21. The molecule has 0 saturated heterocycles. The lowest BCUT2D eigenvalue weighted by Gasteiger charge is -2.26. The van der Waals surface area contributed by atoms with E-state index in [0.717, 1.165) is 6.42 Å². The molecule has 1 atom stereocenters. The summed E-state index contributed by atoms with van der Waals surface area (Å²) in [6.07, 6.45) is 0.792. The van der Waals surface area contributed by atoms with E-state index in [1.807, 2.05) is 11.8 Å². The lowest BCUT2D eigenvalue weighted by Crippen LogP contribution is -2.31. The van der Waals surface area contributed by atoms with Crippen molar-refractivity contribution in [3.8, 4) is 17.6 Å². The number of aromatic hydroxyl groups is 1. The van der Waals surface area contributed by atoms with Crippen LogP contribution in [0.3, 0.4) is 0 Å². The van der Waals surface area contributed by atoms with Crippen LogP contribution in [-0.2, 0) is 4.79 Å². The number of rotatable bonds is 8. The van der Waals surface area contributed by atoms with Crippen molar-refractivity contribution in [3.63, 3.8) is 0 Å². The predicted octanol–water partition coefficient (Wildman–Crippen LogP) is 2.15. The first-order valence-electron chi connectivity index (χ1n) is 6.75. The lowest BCUT2D eigenvalue weighted by atomic mass is 10.0. The number of ether oxygens (including phenoxy) is 1. The highest BCUT2D eigenvalue weighted by molar-refractivity contribution is 5.66. The maximum absolute atomic E-state index is 10.7. The number of carbonyl (C=O) groups is 1. The Hall–Kier alpha value is -2.26. The molecule has 0 spiro atoms. The van der Waals surface area contributed by atoms with Crippen LogP contribution in [0.1, 0.15) is 31.4 Å². The van der Waals surface area contributed by atoms with Gasteiger partial charge >= 0.3 is 5.97 Å². The summed E-state index contributed by atoms with van der Waals surface area (Å²) >= 11 is 0. The van der Waals surface area contributed by atoms with Crippen molar-refractivity contribution >= 4 is 5.97 Å². The van der Waals surface area contributed by atoms with Crippen molar-refractivity contribution in [3.05, 3.63) is 23.8 Å². The van der Waals surface area contributed by atoms with E-state index in [4.69, 9.17) is 9.84 Å². The number of methoxy groups -OCH3 is 1. The molecule has 0 aromatic heterocycles. The van der Waals surface area contributed by atoms with Gasteiger partial charge < -0.3 is 14.9 Å². The number of nitrogens with zero attached hydrogens (tertiary/aromatic N) is 2. The molecule has 0 amide bonds. The molecule has 0 saturated carbocycles. The SMILES string of the molecule is CCCN(CCC(=O)O)C(C#N)c1ccc(O)c(OC)c1. The molecule has 21 heavy (non-hydrogen) atoms. The van der Waals surface area contributed by atoms with Crippen LogP contribution in [0.15, 0.2) is 18.2 Å². The fourth-order valence-electron chi connectivity index (χ4n) is 2.13. The van der Waals surface area contributed by atoms with Gasteiger partial charge in [0.2, 0.25) is 0 Å². The van der Waals surface area contributed by atoms with Gasteiger partial charge in [-0.2, -0.15) is 5.26 Å². The van der Waals surface area contributed by atoms with Crippen molar-refractivity contribution in [2.45, 2.75) is 25.8 Å². The zero-order valence-electron chi connectivity index (χ0n) is 12.2. The monoisotopic (exact) mass is 292 g/mol. The molecule has 0 aliphatic carbocycles. The van der Waals surface area contributed by atoms with Gasteiger partial charge in [0.1, 0.15) is 6.04 Å². The molecule has 0 fully saturated rings. The fourth-order valence-corrected chi connectivity index (χ4v) is 2.13. The van der Waals surface area contributed by atoms with Crippen molar-refractivity contribution in [1.29, 1.82) is 5.26 Å². The van der Waals surface area contributed by atoms with Gasteiger partial charge in [-0.15, -0.1) is 0 Å². The van der Waals surface area contributed by atoms with Gasteiger partial charge in [-0.1, -0.05) is 13.0 Å². The summed E-state index contributed by atoms with van der Waals surface area (Å²) in [6.45, 7) is 2.89. The first-order valence-corrected chi connectivity index (χ1v) is 6.75. The Morgan fingerprint density at radius 3 is 2.71 bits per heavy atom. The second kappa shape index (κ2) is 8.12. The first kappa shape index (κ1) is 16.8. The van der Waals surface area contributed by atoms with Gasteiger partial charge in [0.25, 0.3) is 0 Å². The van der Waals surface area contributed by atoms with E-state index in [9.17, 15) is 15.2 Å². The largest absolute Gasteiger partial charge is 0.504 e. The molecule has 1 aromatic carbocycles. The minimum atomic E-state index is -0.893. The van der Waals surface area contributed by atoms with Crippen LogP contribution < -0.4 is 4.74 Å². The van der Waals surface area contributed by atoms with E-state index in [-0.39, 0.29) is 12.2 Å². The molecule has 0 aliphatic heterocycles. The van der Waals surface area contributed by atoms with Crippen molar-refractivity contribution in [2.24, 2.45) is 0 Å². The number of hydrogen-bond donors (Lipinski definition) is 2. The quantitative estimate of drug-likeness (QED) is 0.762. The standard InChI is InChI=1S/C15H20N2O4/c1-3-7-17(8-6-15(19)20)12(10-16)11-4-5-13(18)14(9-11)21-2/h4-5,9,12,18H,3,6-8H2,1-2H3,(H,19,20). The summed E-state index contributed by atoms with van der Waals surface area (Å²) in [6, 6.07) is 6.35. The van der Waals surface area contributed by atoms with Crippen molar-refractivity contribution < 1.29 is 19.7 Å². The highest BCUT2D eigenvalue weighted by Crippen LogP contribution is 2.31. The van der Waals surface area contributed by atoms with Gasteiger partial charge in [-0.25, -0.2) is 0 Å². The molecular formula is C15H20N2O4. The molecule has 6 nitrogen and oxygen atoms in total. The Morgan fingerprint density at radius 1 is 1.48 bits per heavy atom. The molecule has 2 N–H and O–H groups in total. The molecule has 1 rings (SSSR count). The average molecular weight is 292 g/mol. The molecular weight excluding hydrogens is 272 g/mol. The summed E-state index contributed by atoms with van der Waals surface area (Å²) in [4.78, 5) is 12.6. The molecule has 0 radical (unpaired) electrons. The van der Waals surface area contributed by atoms with E-state index >= 15 is 0 Å². The van der Waals surface area contributed by atoms with Crippen LogP contribution in [0.2, 0.25) is 0 Å². The zero-order chi connectivity index (χ0) is 15.8. The Kier molecular flexibility index (Phi) is 6.50. The average Bonchev–Trinajstić information content (AvgIpc) is 2.46. The van der Waals surface area contributed by atoms with E-state index in [0.29, 0.717) is 24.4 Å². The molecule has 1 aromatic rings. The zero-order valence-corrected chi connectivity index (χ0v) is 12.2. The van der Waals surface area contributed by atoms with Crippen LogP contribution in [0.25, 0.3) is 0 Å². The normalized spacial score (nSPS) is 11.9. The number of phenols is 1. The van der Waals surface area contributed by atoms with Gasteiger partial charge in [0.05, 0.1) is 19.6 Å². The van der Waals surface area contributed by atoms with Crippen LogP contribution in [0.4, 0.5) is 0 Å². The molecule has 1 unspecified atom stereocenters. The van der Waals surface area contributed by atoms with E-state index in [1.54, 1.807) is 12.1 Å². The Balaban J connectivity index is 3.02. The van der Waals surface area contributed by atoms with E-state index < -0.39 is 12.0 Å². The number of aliphatic carboxylic acids is 1. The first-order chi connectivity index (χ1) is 10.0. The summed E-state index contributed by atoms with van der Waals surface area (Å²) in [5, 5.41) is 27.9. The third-order valence-corrected chi connectivity index (χ3v) is 3.13. The minimum absolute atomic E-state index is 0.00511. The lowest BCUT2D eigenvalue weighted by molar-refractivity contribution is -0.137. The summed E-state index contributed by atoms with van der Waals surface area (Å²) in [5.41, 5.74) is 0.672. The second-order valence-corrected chi connectivity index (χ2v) is 4.64. The third kappa shape index (κ3) is 4.65.